The lowest BCUT2D eigenvalue weighted by atomic mass is 10.1. The van der Waals surface area contributed by atoms with Crippen molar-refractivity contribution in [2.24, 2.45) is 0 Å². The van der Waals surface area contributed by atoms with Gasteiger partial charge in [-0.1, -0.05) is 117 Å². The summed E-state index contributed by atoms with van der Waals surface area (Å²) in [5.41, 5.74) is 0. The van der Waals surface area contributed by atoms with E-state index in [1.807, 2.05) is 0 Å². The summed E-state index contributed by atoms with van der Waals surface area (Å²) in [5.74, 6) is -0.384. The van der Waals surface area contributed by atoms with Crippen LogP contribution in [0.4, 0.5) is 0 Å². The van der Waals surface area contributed by atoms with Crippen molar-refractivity contribution in [2.75, 3.05) is 92.0 Å². The Bertz CT molecular complexity index is 689. The van der Waals surface area contributed by atoms with E-state index >= 15 is 0 Å². The Balaban J connectivity index is 1.60. The molecular weight excluding hydrogens is 580 g/mol. The van der Waals surface area contributed by atoms with Crippen molar-refractivity contribution in [3.05, 3.63) is 0 Å². The van der Waals surface area contributed by atoms with E-state index in [1.165, 1.54) is 116 Å². The summed E-state index contributed by atoms with van der Waals surface area (Å²) in [4.78, 5) is 25.7. The number of hydrogen-bond donors (Lipinski definition) is 0. The number of rotatable bonds is 29. The first-order valence-corrected chi connectivity index (χ1v) is 19.7. The second kappa shape index (κ2) is 26.7. The molecule has 0 atom stereocenters. The number of hydrogen-bond acceptors (Lipinski definition) is 6. The zero-order chi connectivity index (χ0) is 33.0. The second-order valence-electron chi connectivity index (χ2n) is 14.4. The summed E-state index contributed by atoms with van der Waals surface area (Å²) >= 11 is 0. The van der Waals surface area contributed by atoms with E-state index in [0.29, 0.717) is 39.5 Å². The molecule has 0 radical (unpaired) electrons. The van der Waals surface area contributed by atoms with Gasteiger partial charge < -0.3 is 27.9 Å². The van der Waals surface area contributed by atoms with E-state index in [1.54, 1.807) is 0 Å². The largest absolute Gasteiger partial charge is 0.458 e. The zero-order valence-electron chi connectivity index (χ0n) is 30.4. The lowest BCUT2D eigenvalue weighted by molar-refractivity contribution is -0.928. The number of esters is 2. The maximum absolute atomic E-state index is 12.8. The summed E-state index contributed by atoms with van der Waals surface area (Å²) in [6, 6.07) is 0. The fourth-order valence-electron chi connectivity index (χ4n) is 7.20. The first-order chi connectivity index (χ1) is 22.5. The molecular formula is C38H74N2O6+2. The van der Waals surface area contributed by atoms with Crippen LogP contribution in [0.1, 0.15) is 142 Å². The van der Waals surface area contributed by atoms with Gasteiger partial charge in [0.1, 0.15) is 39.4 Å². The van der Waals surface area contributed by atoms with Crippen molar-refractivity contribution in [1.82, 2.24) is 0 Å². The minimum atomic E-state index is -0.192. The van der Waals surface area contributed by atoms with E-state index in [-0.39, 0.29) is 25.2 Å². The topological polar surface area (TPSA) is 71.1 Å². The smallest absolute Gasteiger partial charge is 0.361 e. The quantitative estimate of drug-likeness (QED) is 0.0470. The van der Waals surface area contributed by atoms with Gasteiger partial charge in [-0.3, -0.25) is 0 Å². The van der Waals surface area contributed by atoms with Crippen LogP contribution < -0.4 is 0 Å². The average molecular weight is 655 g/mol. The molecule has 0 aromatic carbocycles. The molecule has 0 bridgehead atoms. The van der Waals surface area contributed by atoms with Gasteiger partial charge in [0.2, 0.25) is 0 Å². The van der Waals surface area contributed by atoms with Crippen LogP contribution in [0.3, 0.4) is 0 Å². The Morgan fingerprint density at radius 1 is 0.457 bits per heavy atom. The average Bonchev–Trinajstić information content (AvgIpc) is 3.06. The molecule has 270 valence electrons. The number of morpholine rings is 2. The first kappa shape index (κ1) is 41.0. The van der Waals surface area contributed by atoms with Gasteiger partial charge in [0.15, 0.2) is 13.1 Å². The van der Waals surface area contributed by atoms with Crippen molar-refractivity contribution in [2.45, 2.75) is 142 Å². The predicted molar refractivity (Wildman–Crippen MR) is 187 cm³/mol. The summed E-state index contributed by atoms with van der Waals surface area (Å²) in [6.07, 6.45) is 26.3. The lowest BCUT2D eigenvalue weighted by Gasteiger charge is -2.40. The van der Waals surface area contributed by atoms with Crippen molar-refractivity contribution >= 4 is 11.9 Å². The summed E-state index contributed by atoms with van der Waals surface area (Å²) < 4.78 is 23.9. The summed E-state index contributed by atoms with van der Waals surface area (Å²) in [7, 11) is 0. The van der Waals surface area contributed by atoms with E-state index in [4.69, 9.17) is 18.9 Å². The summed E-state index contributed by atoms with van der Waals surface area (Å²) in [6.45, 7) is 13.8. The fourth-order valence-corrected chi connectivity index (χ4v) is 7.20. The third kappa shape index (κ3) is 19.6. The van der Waals surface area contributed by atoms with Gasteiger partial charge in [-0.05, 0) is 25.7 Å². The number of carbonyl (C=O) groups excluding carboxylic acids is 2. The van der Waals surface area contributed by atoms with E-state index < -0.39 is 0 Å². The van der Waals surface area contributed by atoms with Gasteiger partial charge in [0, 0.05) is 0 Å². The zero-order valence-corrected chi connectivity index (χ0v) is 30.4. The van der Waals surface area contributed by atoms with Crippen molar-refractivity contribution < 1.29 is 37.5 Å². The van der Waals surface area contributed by atoms with Crippen LogP contribution in [0.2, 0.25) is 0 Å². The summed E-state index contributed by atoms with van der Waals surface area (Å²) in [5, 5.41) is 0. The number of unbranched alkanes of at least 4 members (excludes halogenated alkanes) is 18. The Kier molecular flexibility index (Phi) is 23.8. The monoisotopic (exact) mass is 655 g/mol. The number of ether oxygens (including phenoxy) is 4. The van der Waals surface area contributed by atoms with E-state index in [0.717, 1.165) is 61.1 Å². The molecule has 0 aromatic rings. The minimum absolute atomic E-state index is 0.126. The highest BCUT2D eigenvalue weighted by Gasteiger charge is 2.34. The molecule has 2 aliphatic rings. The second-order valence-corrected chi connectivity index (χ2v) is 14.4. The molecule has 0 amide bonds. The van der Waals surface area contributed by atoms with Crippen LogP contribution in [0, 0.1) is 0 Å². The molecule has 0 saturated carbocycles. The Hall–Kier alpha value is -1.22. The molecule has 2 aliphatic heterocycles. The molecule has 0 N–H and O–H groups in total. The highest BCUT2D eigenvalue weighted by atomic mass is 16.6. The maximum atomic E-state index is 12.8. The Labute approximate surface area is 283 Å². The standard InChI is InChI=1S/C38H74N2O6/c1-3-5-7-9-11-13-15-17-19-21-23-39(25-29-43-30-26-39)35-37(41)45-33-34-46-38(42)36-40(27-31-44-32-28-40)24-22-20-18-16-14-12-10-8-6-4-2/h3-36H2,1-2H3/q+2. The molecule has 0 spiro atoms. The molecule has 0 aliphatic carbocycles. The third-order valence-electron chi connectivity index (χ3n) is 10.4. The Morgan fingerprint density at radius 3 is 1.04 bits per heavy atom. The molecule has 8 heteroatoms. The maximum Gasteiger partial charge on any atom is 0.361 e. The number of carbonyl (C=O) groups is 2. The molecule has 2 heterocycles. The molecule has 2 fully saturated rings. The Morgan fingerprint density at radius 2 is 0.739 bits per heavy atom. The van der Waals surface area contributed by atoms with Crippen molar-refractivity contribution in [3.8, 4) is 0 Å². The van der Waals surface area contributed by atoms with Crippen LogP contribution in [-0.4, -0.2) is 113 Å². The minimum Gasteiger partial charge on any atom is -0.458 e. The SMILES string of the molecule is CCCCCCCCCCCC[N+]1(CC(=O)OCCOC(=O)C[N+]2(CCCCCCCCCCCC)CCOCC2)CCOCC1. The van der Waals surface area contributed by atoms with Crippen LogP contribution in [0.5, 0.6) is 0 Å². The van der Waals surface area contributed by atoms with Crippen LogP contribution in [0.25, 0.3) is 0 Å². The predicted octanol–water partition coefficient (Wildman–Crippen LogP) is 7.61. The number of nitrogens with zero attached hydrogens (tertiary/aromatic N) is 2. The molecule has 2 saturated heterocycles. The van der Waals surface area contributed by atoms with Crippen LogP contribution in [0.15, 0.2) is 0 Å². The molecule has 8 nitrogen and oxygen atoms in total. The third-order valence-corrected chi connectivity index (χ3v) is 10.4. The highest BCUT2D eigenvalue weighted by molar-refractivity contribution is 5.71. The van der Waals surface area contributed by atoms with Gasteiger partial charge in [0.05, 0.1) is 39.5 Å². The molecule has 0 unspecified atom stereocenters. The lowest BCUT2D eigenvalue weighted by Crippen LogP contribution is -2.58. The molecule has 2 rings (SSSR count). The highest BCUT2D eigenvalue weighted by Crippen LogP contribution is 2.18. The van der Waals surface area contributed by atoms with Gasteiger partial charge in [-0.2, -0.15) is 0 Å². The van der Waals surface area contributed by atoms with Gasteiger partial charge in [-0.15, -0.1) is 0 Å². The normalized spacial score (nSPS) is 17.5. The van der Waals surface area contributed by atoms with Gasteiger partial charge in [-0.25, -0.2) is 9.59 Å². The van der Waals surface area contributed by atoms with E-state index in [9.17, 15) is 9.59 Å². The van der Waals surface area contributed by atoms with Crippen LogP contribution in [-0.2, 0) is 28.5 Å². The first-order valence-electron chi connectivity index (χ1n) is 19.7. The van der Waals surface area contributed by atoms with Crippen molar-refractivity contribution in [1.29, 1.82) is 0 Å². The number of quaternary nitrogens is 2. The molecule has 46 heavy (non-hydrogen) atoms. The van der Waals surface area contributed by atoms with Crippen LogP contribution >= 0.6 is 0 Å². The van der Waals surface area contributed by atoms with Gasteiger partial charge >= 0.3 is 11.9 Å². The van der Waals surface area contributed by atoms with E-state index in [2.05, 4.69) is 13.8 Å². The van der Waals surface area contributed by atoms with Gasteiger partial charge in [0.25, 0.3) is 0 Å². The molecule has 0 aromatic heterocycles. The fraction of sp³-hybridized carbons (Fsp3) is 0.947. The van der Waals surface area contributed by atoms with Crippen molar-refractivity contribution in [3.63, 3.8) is 0 Å².